The summed E-state index contributed by atoms with van der Waals surface area (Å²) in [6.07, 6.45) is 0.946. The molecule has 1 saturated heterocycles. The molecule has 4 nitrogen and oxygen atoms in total. The molecule has 0 aromatic heterocycles. The van der Waals surface area contributed by atoms with Crippen LogP contribution in [0.25, 0.3) is 0 Å². The number of nitrogens with one attached hydrogen (secondary N) is 1. The van der Waals surface area contributed by atoms with Crippen LogP contribution < -0.4 is 15.4 Å². The molecule has 1 amide bonds. The maximum atomic E-state index is 11.8. The molecule has 1 fully saturated rings. The van der Waals surface area contributed by atoms with Gasteiger partial charge in [0.2, 0.25) is 0 Å². The minimum absolute atomic E-state index is 0.0373. The molecule has 0 bridgehead atoms. The van der Waals surface area contributed by atoms with Crippen LogP contribution >= 0.6 is 0 Å². The number of amides is 1. The Morgan fingerprint density at radius 1 is 1.44 bits per heavy atom. The fourth-order valence-corrected chi connectivity index (χ4v) is 1.71. The molecule has 1 aromatic carbocycles. The molecule has 1 aliphatic heterocycles. The van der Waals surface area contributed by atoms with Crippen molar-refractivity contribution in [2.45, 2.75) is 12.5 Å². The molecule has 4 heteroatoms. The summed E-state index contributed by atoms with van der Waals surface area (Å²) in [6, 6.07) is 7.30. The van der Waals surface area contributed by atoms with Gasteiger partial charge in [0.05, 0.1) is 7.11 Å². The van der Waals surface area contributed by atoms with Crippen molar-refractivity contribution in [2.24, 2.45) is 0 Å². The smallest absolute Gasteiger partial charge is 0.251 e. The number of methoxy groups -OCH3 is 1. The van der Waals surface area contributed by atoms with Crippen LogP contribution in [0.15, 0.2) is 24.3 Å². The van der Waals surface area contributed by atoms with E-state index in [1.807, 2.05) is 0 Å². The maximum Gasteiger partial charge on any atom is 0.251 e. The van der Waals surface area contributed by atoms with Crippen molar-refractivity contribution in [1.82, 2.24) is 10.6 Å². The Morgan fingerprint density at radius 2 is 2.19 bits per heavy atom. The monoisotopic (exact) mass is 219 g/mol. The minimum atomic E-state index is -0.0373. The molecule has 1 aromatic rings. The van der Waals surface area contributed by atoms with E-state index in [1.165, 1.54) is 0 Å². The molecular weight excluding hydrogens is 204 g/mol. The van der Waals surface area contributed by atoms with E-state index in [2.05, 4.69) is 10.6 Å². The third-order valence-corrected chi connectivity index (χ3v) is 2.67. The van der Waals surface area contributed by atoms with Gasteiger partial charge in [0, 0.05) is 24.7 Å². The molecule has 1 heterocycles. The lowest BCUT2D eigenvalue weighted by atomic mass is 10.2. The summed E-state index contributed by atoms with van der Waals surface area (Å²) in [4.78, 5) is 11.8. The van der Waals surface area contributed by atoms with Crippen LogP contribution in [-0.4, -0.2) is 32.1 Å². The van der Waals surface area contributed by atoms with E-state index in [4.69, 9.17) is 4.74 Å². The van der Waals surface area contributed by atoms with Crippen molar-refractivity contribution in [3.63, 3.8) is 0 Å². The quantitative estimate of drug-likeness (QED) is 0.817. The zero-order chi connectivity index (χ0) is 11.4. The summed E-state index contributed by atoms with van der Waals surface area (Å²) in [7, 11) is 1.61. The second-order valence-electron chi connectivity index (χ2n) is 3.82. The van der Waals surface area contributed by atoms with Crippen LogP contribution in [0.1, 0.15) is 16.8 Å². The van der Waals surface area contributed by atoms with Gasteiger partial charge in [-0.15, -0.1) is 0 Å². The van der Waals surface area contributed by atoms with Gasteiger partial charge in [-0.3, -0.25) is 4.79 Å². The van der Waals surface area contributed by atoms with Crippen LogP contribution in [0.3, 0.4) is 0 Å². The van der Waals surface area contributed by atoms with E-state index in [1.54, 1.807) is 31.4 Å². The minimum Gasteiger partial charge on any atom is -0.497 e. The summed E-state index contributed by atoms with van der Waals surface area (Å²) in [5, 5.41) is 7.16. The first-order valence-corrected chi connectivity index (χ1v) is 5.38. The van der Waals surface area contributed by atoms with Gasteiger partial charge in [-0.1, -0.05) is 0 Å². The lowest BCUT2D eigenvalue weighted by molar-refractivity contribution is 0.0940. The third kappa shape index (κ3) is 2.52. The van der Waals surface area contributed by atoms with Crippen LogP contribution in [0.2, 0.25) is 0 Å². The Kier molecular flexibility index (Phi) is 3.41. The van der Waals surface area contributed by atoms with Gasteiger partial charge in [-0.2, -0.15) is 0 Å². The van der Waals surface area contributed by atoms with E-state index in [-0.39, 0.29) is 11.9 Å². The van der Waals surface area contributed by atoms with Crippen molar-refractivity contribution in [1.29, 1.82) is 0 Å². The Hall–Kier alpha value is -1.55. The number of ether oxygens (including phenoxy) is 1. The van der Waals surface area contributed by atoms with Crippen LogP contribution in [0, 0.1) is 0 Å². The Morgan fingerprint density at radius 3 is 2.75 bits per heavy atom. The molecule has 1 aliphatic rings. The van der Waals surface area contributed by atoms with E-state index in [0.29, 0.717) is 5.56 Å². The molecule has 1 N–H and O–H groups in total. The number of rotatable bonds is 3. The van der Waals surface area contributed by atoms with Crippen molar-refractivity contribution in [2.75, 3.05) is 20.2 Å². The first-order valence-electron chi connectivity index (χ1n) is 5.38. The summed E-state index contributed by atoms with van der Waals surface area (Å²) in [6.45, 7) is 1.59. The Labute approximate surface area is 95.0 Å². The number of nitrogens with zero attached hydrogens (tertiary/aromatic N) is 1. The average Bonchev–Trinajstić information content (AvgIpc) is 2.82. The normalized spacial score (nSPS) is 19.4. The van der Waals surface area contributed by atoms with E-state index in [9.17, 15) is 4.79 Å². The highest BCUT2D eigenvalue weighted by Crippen LogP contribution is 2.11. The number of carbonyl (C=O) groups excluding carboxylic acids is 1. The number of hydrogen-bond acceptors (Lipinski definition) is 2. The Balaban J connectivity index is 1.97. The fourth-order valence-electron chi connectivity index (χ4n) is 1.71. The van der Waals surface area contributed by atoms with E-state index >= 15 is 0 Å². The van der Waals surface area contributed by atoms with Crippen LogP contribution in [-0.2, 0) is 0 Å². The van der Waals surface area contributed by atoms with Gasteiger partial charge in [0.15, 0.2) is 0 Å². The van der Waals surface area contributed by atoms with Gasteiger partial charge in [-0.05, 0) is 30.7 Å². The summed E-state index contributed by atoms with van der Waals surface area (Å²) in [5.74, 6) is 0.720. The highest BCUT2D eigenvalue weighted by atomic mass is 16.5. The lowest BCUT2D eigenvalue weighted by Crippen LogP contribution is -2.35. The van der Waals surface area contributed by atoms with Crippen molar-refractivity contribution < 1.29 is 9.53 Å². The largest absolute Gasteiger partial charge is 0.497 e. The predicted molar refractivity (Wildman–Crippen MR) is 60.7 cm³/mol. The average molecular weight is 219 g/mol. The standard InChI is InChI=1S/C12H15N2O2/c1-16-11-4-2-9(3-5-11)12(15)14-10-6-7-13-8-10/h2-5,10H,6-8H2,1H3,(H,14,15). The van der Waals surface area contributed by atoms with Crippen molar-refractivity contribution in [3.05, 3.63) is 29.8 Å². The summed E-state index contributed by atoms with van der Waals surface area (Å²) in [5.41, 5.74) is 0.660. The molecular formula is C12H15N2O2. The topological polar surface area (TPSA) is 52.4 Å². The molecule has 0 aliphatic carbocycles. The zero-order valence-electron chi connectivity index (χ0n) is 9.27. The van der Waals surface area contributed by atoms with Gasteiger partial charge in [-0.25, -0.2) is 5.32 Å². The zero-order valence-corrected chi connectivity index (χ0v) is 9.27. The van der Waals surface area contributed by atoms with Crippen LogP contribution in [0.5, 0.6) is 5.75 Å². The van der Waals surface area contributed by atoms with E-state index < -0.39 is 0 Å². The molecule has 85 valence electrons. The first kappa shape index (κ1) is 11.0. The molecule has 0 saturated carbocycles. The summed E-state index contributed by atoms with van der Waals surface area (Å²) < 4.78 is 5.04. The number of benzene rings is 1. The predicted octanol–water partition coefficient (Wildman–Crippen LogP) is 0.802. The molecule has 0 spiro atoms. The van der Waals surface area contributed by atoms with Gasteiger partial charge in [0.1, 0.15) is 5.75 Å². The third-order valence-electron chi connectivity index (χ3n) is 2.67. The van der Waals surface area contributed by atoms with Crippen molar-refractivity contribution >= 4 is 5.91 Å². The fraction of sp³-hybridized carbons (Fsp3) is 0.417. The molecule has 16 heavy (non-hydrogen) atoms. The molecule has 2 rings (SSSR count). The maximum absolute atomic E-state index is 11.8. The number of hydrogen-bond donors (Lipinski definition) is 1. The molecule has 1 atom stereocenters. The molecule has 1 radical (unpaired) electrons. The molecule has 1 unspecified atom stereocenters. The Bertz CT molecular complexity index is 356. The van der Waals surface area contributed by atoms with E-state index in [0.717, 1.165) is 25.3 Å². The summed E-state index contributed by atoms with van der Waals surface area (Å²) >= 11 is 0. The first-order chi connectivity index (χ1) is 7.79. The highest BCUT2D eigenvalue weighted by Gasteiger charge is 2.18. The second kappa shape index (κ2) is 4.99. The SMILES string of the molecule is COc1ccc(C(=O)NC2CC[N]C2)cc1. The van der Waals surface area contributed by atoms with Gasteiger partial charge < -0.3 is 10.1 Å². The second-order valence-corrected chi connectivity index (χ2v) is 3.82. The highest BCUT2D eigenvalue weighted by molar-refractivity contribution is 5.94. The number of carbonyl (C=O) groups is 1. The lowest BCUT2D eigenvalue weighted by Gasteiger charge is -2.11. The van der Waals surface area contributed by atoms with Crippen LogP contribution in [0.4, 0.5) is 0 Å². The van der Waals surface area contributed by atoms with Crippen molar-refractivity contribution in [3.8, 4) is 5.75 Å². The van der Waals surface area contributed by atoms with Gasteiger partial charge in [0.25, 0.3) is 5.91 Å². The van der Waals surface area contributed by atoms with Gasteiger partial charge >= 0.3 is 0 Å².